The predicted molar refractivity (Wildman–Crippen MR) is 96.4 cm³/mol. The number of carbonyl (C=O) groups is 1. The Morgan fingerprint density at radius 1 is 1.31 bits per heavy atom. The van der Waals surface area contributed by atoms with Gasteiger partial charge in [-0.05, 0) is 37.8 Å². The van der Waals surface area contributed by atoms with E-state index < -0.39 is 0 Å². The Morgan fingerprint density at radius 3 is 2.88 bits per heavy atom. The van der Waals surface area contributed by atoms with Crippen molar-refractivity contribution in [2.75, 3.05) is 18.9 Å². The van der Waals surface area contributed by atoms with Crippen LogP contribution in [0.4, 0.5) is 4.39 Å². The molecular weight excluding hydrogens is 355 g/mol. The monoisotopic (exact) mass is 376 g/mol. The van der Waals surface area contributed by atoms with E-state index in [0.29, 0.717) is 23.1 Å². The smallest absolute Gasteiger partial charge is 0.230 e. The molecule has 1 aromatic heterocycles. The summed E-state index contributed by atoms with van der Waals surface area (Å²) < 4.78 is 21.6. The first-order valence-electron chi connectivity index (χ1n) is 8.93. The van der Waals surface area contributed by atoms with Crippen LogP contribution in [0, 0.1) is 5.82 Å². The highest BCUT2D eigenvalue weighted by molar-refractivity contribution is 7.99. The predicted octanol–water partition coefficient (Wildman–Crippen LogP) is 2.81. The molecule has 2 aromatic rings. The molecule has 0 bridgehead atoms. The number of hydrogen-bond acceptors (Lipinski definition) is 5. The second-order valence-corrected chi connectivity index (χ2v) is 7.56. The lowest BCUT2D eigenvalue weighted by Gasteiger charge is -2.11. The van der Waals surface area contributed by atoms with Crippen molar-refractivity contribution < 1.29 is 13.9 Å². The number of amides is 1. The summed E-state index contributed by atoms with van der Waals surface area (Å²) in [4.78, 5) is 12.1. The van der Waals surface area contributed by atoms with Crippen molar-refractivity contribution in [1.29, 1.82) is 0 Å². The van der Waals surface area contributed by atoms with Gasteiger partial charge in [-0.25, -0.2) is 4.39 Å². The van der Waals surface area contributed by atoms with Gasteiger partial charge < -0.3 is 10.1 Å². The molecule has 1 aliphatic carbocycles. The summed E-state index contributed by atoms with van der Waals surface area (Å²) in [7, 11) is 0. The number of aromatic nitrogens is 3. The fourth-order valence-corrected chi connectivity index (χ4v) is 3.91. The van der Waals surface area contributed by atoms with Crippen molar-refractivity contribution in [2.24, 2.45) is 0 Å². The van der Waals surface area contributed by atoms with Crippen LogP contribution in [-0.4, -0.2) is 45.7 Å². The summed E-state index contributed by atoms with van der Waals surface area (Å²) in [5, 5.41) is 12.0. The van der Waals surface area contributed by atoms with Gasteiger partial charge in [0.15, 0.2) is 11.0 Å². The fourth-order valence-electron chi connectivity index (χ4n) is 3.08. The number of nitrogens with one attached hydrogen (secondary N) is 1. The average Bonchev–Trinajstić information content (AvgIpc) is 3.18. The van der Waals surface area contributed by atoms with Crippen LogP contribution < -0.4 is 5.32 Å². The zero-order valence-electron chi connectivity index (χ0n) is 14.4. The molecule has 1 N–H and O–H groups in total. The summed E-state index contributed by atoms with van der Waals surface area (Å²) in [5.74, 6) is 0.429. The van der Waals surface area contributed by atoms with Crippen LogP contribution in [0.3, 0.4) is 0 Å². The van der Waals surface area contributed by atoms with E-state index in [2.05, 4.69) is 15.5 Å². The third-order valence-corrected chi connectivity index (χ3v) is 5.52. The summed E-state index contributed by atoms with van der Waals surface area (Å²) in [6.45, 7) is 1.33. The molecule has 0 spiro atoms. The molecule has 4 rings (SSSR count). The number of halogens is 1. The summed E-state index contributed by atoms with van der Waals surface area (Å²) in [6, 6.07) is 6.87. The van der Waals surface area contributed by atoms with Gasteiger partial charge >= 0.3 is 0 Å². The topological polar surface area (TPSA) is 69.0 Å². The van der Waals surface area contributed by atoms with Gasteiger partial charge in [0, 0.05) is 19.2 Å². The van der Waals surface area contributed by atoms with Crippen LogP contribution in [-0.2, 0) is 9.53 Å². The summed E-state index contributed by atoms with van der Waals surface area (Å²) in [5.41, 5.74) is 0.446. The molecule has 6 nitrogen and oxygen atoms in total. The largest absolute Gasteiger partial charge is 0.376 e. The van der Waals surface area contributed by atoms with Crippen LogP contribution >= 0.6 is 11.8 Å². The van der Waals surface area contributed by atoms with Crippen molar-refractivity contribution in [3.8, 4) is 11.4 Å². The van der Waals surface area contributed by atoms with E-state index in [9.17, 15) is 9.18 Å². The number of benzene rings is 1. The molecule has 2 fully saturated rings. The maximum Gasteiger partial charge on any atom is 0.230 e. The molecular formula is C18H21FN4O2S. The molecule has 1 aromatic carbocycles. The zero-order chi connectivity index (χ0) is 17.9. The van der Waals surface area contributed by atoms with Crippen molar-refractivity contribution in [3.05, 3.63) is 30.1 Å². The van der Waals surface area contributed by atoms with Crippen LogP contribution in [0.15, 0.2) is 29.4 Å². The highest BCUT2D eigenvalue weighted by Gasteiger charge is 2.31. The van der Waals surface area contributed by atoms with Gasteiger partial charge in [0.05, 0.1) is 17.4 Å². The molecule has 2 aliphatic rings. The molecule has 1 aliphatic heterocycles. The summed E-state index contributed by atoms with van der Waals surface area (Å²) >= 11 is 1.34. The molecule has 26 heavy (non-hydrogen) atoms. The standard InChI is InChI=1S/C18H21FN4O2S/c19-15-6-2-1-5-14(15)17-21-22-18(23(17)12-7-8-12)26-11-16(24)20-10-13-4-3-9-25-13/h1-2,5-6,12-13H,3-4,7-11H2,(H,20,24). The Balaban J connectivity index is 1.42. The van der Waals surface area contributed by atoms with E-state index in [-0.39, 0.29) is 29.6 Å². The minimum Gasteiger partial charge on any atom is -0.376 e. The lowest BCUT2D eigenvalue weighted by atomic mass is 10.2. The van der Waals surface area contributed by atoms with Crippen molar-refractivity contribution in [3.63, 3.8) is 0 Å². The van der Waals surface area contributed by atoms with Crippen LogP contribution in [0.1, 0.15) is 31.7 Å². The SMILES string of the molecule is O=C(CSc1nnc(-c2ccccc2F)n1C1CC1)NCC1CCCO1. The quantitative estimate of drug-likeness (QED) is 0.753. The molecule has 1 saturated carbocycles. The first-order chi connectivity index (χ1) is 12.7. The third kappa shape index (κ3) is 3.91. The zero-order valence-corrected chi connectivity index (χ0v) is 15.2. The van der Waals surface area contributed by atoms with Crippen LogP contribution in [0.2, 0.25) is 0 Å². The van der Waals surface area contributed by atoms with Crippen LogP contribution in [0.5, 0.6) is 0 Å². The van der Waals surface area contributed by atoms with Gasteiger partial charge in [-0.3, -0.25) is 9.36 Å². The Kier molecular flexibility index (Phi) is 5.21. The Labute approximate surface area is 155 Å². The highest BCUT2D eigenvalue weighted by atomic mass is 32.2. The number of thioether (sulfide) groups is 1. The molecule has 0 radical (unpaired) electrons. The number of nitrogens with zero attached hydrogens (tertiary/aromatic N) is 3. The van der Waals surface area contributed by atoms with E-state index in [1.165, 1.54) is 17.8 Å². The average molecular weight is 376 g/mol. The van der Waals surface area contributed by atoms with Gasteiger partial charge in [-0.15, -0.1) is 10.2 Å². The van der Waals surface area contributed by atoms with E-state index in [1.54, 1.807) is 18.2 Å². The molecule has 1 saturated heterocycles. The van der Waals surface area contributed by atoms with Crippen molar-refractivity contribution in [1.82, 2.24) is 20.1 Å². The maximum atomic E-state index is 14.1. The molecule has 1 amide bonds. The lowest BCUT2D eigenvalue weighted by molar-refractivity contribution is -0.119. The highest BCUT2D eigenvalue weighted by Crippen LogP contribution is 2.41. The molecule has 1 unspecified atom stereocenters. The first-order valence-corrected chi connectivity index (χ1v) is 9.92. The van der Waals surface area contributed by atoms with Gasteiger partial charge in [-0.2, -0.15) is 0 Å². The van der Waals surface area contributed by atoms with E-state index in [4.69, 9.17) is 4.74 Å². The van der Waals surface area contributed by atoms with Crippen LogP contribution in [0.25, 0.3) is 11.4 Å². The van der Waals surface area contributed by atoms with E-state index >= 15 is 0 Å². The molecule has 138 valence electrons. The number of ether oxygens (including phenoxy) is 1. The maximum absolute atomic E-state index is 14.1. The van der Waals surface area contributed by atoms with E-state index in [1.807, 2.05) is 4.57 Å². The normalized spacial score (nSPS) is 19.7. The van der Waals surface area contributed by atoms with Crippen molar-refractivity contribution >= 4 is 17.7 Å². The Hall–Kier alpha value is -1.93. The molecule has 8 heteroatoms. The molecule has 2 heterocycles. The number of hydrogen-bond donors (Lipinski definition) is 1. The van der Waals surface area contributed by atoms with E-state index in [0.717, 1.165) is 32.3 Å². The van der Waals surface area contributed by atoms with Gasteiger partial charge in [0.2, 0.25) is 5.91 Å². The van der Waals surface area contributed by atoms with Gasteiger partial charge in [0.1, 0.15) is 5.82 Å². The minimum atomic E-state index is -0.312. The fraction of sp³-hybridized carbons (Fsp3) is 0.500. The lowest BCUT2D eigenvalue weighted by Crippen LogP contribution is -2.32. The third-order valence-electron chi connectivity index (χ3n) is 4.57. The summed E-state index contributed by atoms with van der Waals surface area (Å²) in [6.07, 6.45) is 4.23. The first kappa shape index (κ1) is 17.5. The Bertz CT molecular complexity index is 787. The van der Waals surface area contributed by atoms with Gasteiger partial charge in [-0.1, -0.05) is 23.9 Å². The van der Waals surface area contributed by atoms with Crippen molar-refractivity contribution in [2.45, 2.75) is 43.0 Å². The number of rotatable bonds is 7. The minimum absolute atomic E-state index is 0.0525. The molecule has 1 atom stereocenters. The second-order valence-electron chi connectivity index (χ2n) is 6.61. The van der Waals surface area contributed by atoms with Gasteiger partial charge in [0.25, 0.3) is 0 Å². The number of carbonyl (C=O) groups excluding carboxylic acids is 1. The second kappa shape index (κ2) is 7.75. The Morgan fingerprint density at radius 2 is 2.15 bits per heavy atom.